The van der Waals surface area contributed by atoms with Crippen LogP contribution in [0.25, 0.3) is 0 Å². The van der Waals surface area contributed by atoms with Crippen molar-refractivity contribution in [2.24, 2.45) is 0 Å². The Morgan fingerprint density at radius 1 is 0.620 bits per heavy atom. The number of unbranched alkanes of at least 4 members (excludes halogenated alkanes) is 15. The van der Waals surface area contributed by atoms with Gasteiger partial charge in [-0.3, -0.25) is 9.59 Å². The second kappa shape index (κ2) is 33.7. The van der Waals surface area contributed by atoms with E-state index in [0.29, 0.717) is 12.8 Å². The summed E-state index contributed by atoms with van der Waals surface area (Å²) in [7, 11) is 5.37. The molecule has 0 N–H and O–H groups in total. The van der Waals surface area contributed by atoms with E-state index in [1.807, 2.05) is 12.2 Å². The first-order chi connectivity index (χ1) is 24.1. The van der Waals surface area contributed by atoms with Gasteiger partial charge in [0.25, 0.3) is 0 Å². The van der Waals surface area contributed by atoms with Crippen molar-refractivity contribution in [1.29, 1.82) is 0 Å². The van der Waals surface area contributed by atoms with Crippen LogP contribution in [0.15, 0.2) is 36.5 Å². The molecule has 0 aromatic heterocycles. The van der Waals surface area contributed by atoms with E-state index in [1.165, 1.54) is 89.9 Å². The molecule has 0 aliphatic rings. The molecule has 0 heterocycles. The molecule has 0 saturated heterocycles. The number of hydrogen-bond acceptors (Lipinski definition) is 7. The van der Waals surface area contributed by atoms with Gasteiger partial charge in [-0.25, -0.2) is 0 Å². The van der Waals surface area contributed by atoms with Crippen LogP contribution in [0.3, 0.4) is 0 Å². The Balaban J connectivity index is 4.30. The van der Waals surface area contributed by atoms with Crippen LogP contribution in [-0.4, -0.2) is 75.5 Å². The summed E-state index contributed by atoms with van der Waals surface area (Å²) in [4.78, 5) is 36.5. The first kappa shape index (κ1) is 47.5. The van der Waals surface area contributed by atoms with Gasteiger partial charge in [0.1, 0.15) is 12.6 Å². The van der Waals surface area contributed by atoms with Crippen LogP contribution in [-0.2, 0) is 28.6 Å². The van der Waals surface area contributed by atoms with E-state index in [2.05, 4.69) is 38.2 Å². The molecule has 0 amide bonds. The van der Waals surface area contributed by atoms with Crippen molar-refractivity contribution in [2.45, 2.75) is 174 Å². The Bertz CT molecular complexity index is 922. The zero-order valence-electron chi connectivity index (χ0n) is 32.8. The maximum atomic E-state index is 12.6. The number of ether oxygens (including phenoxy) is 3. The van der Waals surface area contributed by atoms with E-state index in [4.69, 9.17) is 14.2 Å². The van der Waals surface area contributed by atoms with Gasteiger partial charge in [-0.2, -0.15) is 0 Å². The van der Waals surface area contributed by atoms with E-state index in [9.17, 15) is 19.5 Å². The Kier molecular flexibility index (Phi) is 32.0. The van der Waals surface area contributed by atoms with Gasteiger partial charge in [-0.05, 0) is 51.4 Å². The van der Waals surface area contributed by atoms with Crippen molar-refractivity contribution in [1.82, 2.24) is 0 Å². The van der Waals surface area contributed by atoms with E-state index in [1.54, 1.807) is 21.1 Å². The number of nitrogens with zero attached hydrogens (tertiary/aromatic N) is 1. The first-order valence-corrected chi connectivity index (χ1v) is 20.0. The highest BCUT2D eigenvalue weighted by Crippen LogP contribution is 2.13. The predicted octanol–water partition coefficient (Wildman–Crippen LogP) is 8.96. The van der Waals surface area contributed by atoms with Crippen LogP contribution in [0.2, 0.25) is 0 Å². The van der Waals surface area contributed by atoms with Gasteiger partial charge in [0.2, 0.25) is 0 Å². The van der Waals surface area contributed by atoms with Gasteiger partial charge in [-0.15, -0.1) is 0 Å². The number of carboxylic acids is 1. The van der Waals surface area contributed by atoms with E-state index in [-0.39, 0.29) is 49.1 Å². The van der Waals surface area contributed by atoms with E-state index in [0.717, 1.165) is 32.1 Å². The smallest absolute Gasteiger partial charge is 0.306 e. The van der Waals surface area contributed by atoms with Crippen LogP contribution in [0.5, 0.6) is 0 Å². The molecule has 50 heavy (non-hydrogen) atoms. The number of likely N-dealkylation sites (N-methyl/N-ethyl adjacent to an activating group) is 1. The number of aliphatic carboxylic acids is 1. The molecule has 0 aliphatic carbocycles. The molecule has 0 radical (unpaired) electrons. The minimum absolute atomic E-state index is 0.0218. The van der Waals surface area contributed by atoms with E-state index >= 15 is 0 Å². The molecule has 0 fully saturated rings. The third-order valence-electron chi connectivity index (χ3n) is 8.77. The summed E-state index contributed by atoms with van der Waals surface area (Å²) >= 11 is 0. The molecule has 0 aromatic carbocycles. The number of carbonyl (C=O) groups is 3. The number of hydrogen-bond donors (Lipinski definition) is 0. The van der Waals surface area contributed by atoms with E-state index < -0.39 is 18.1 Å². The molecule has 0 rings (SSSR count). The summed E-state index contributed by atoms with van der Waals surface area (Å²) in [5.74, 6) is -1.84. The van der Waals surface area contributed by atoms with Crippen molar-refractivity contribution in [3.63, 3.8) is 0 Å². The topological polar surface area (TPSA) is 102 Å². The highest BCUT2D eigenvalue weighted by molar-refractivity contribution is 5.70. The highest BCUT2D eigenvalue weighted by atomic mass is 16.6. The lowest BCUT2D eigenvalue weighted by atomic mass is 10.1. The third-order valence-corrected chi connectivity index (χ3v) is 8.77. The average molecular weight is 706 g/mol. The van der Waals surface area contributed by atoms with Crippen LogP contribution >= 0.6 is 0 Å². The first-order valence-electron chi connectivity index (χ1n) is 20.0. The van der Waals surface area contributed by atoms with Crippen molar-refractivity contribution < 1.29 is 38.2 Å². The summed E-state index contributed by atoms with van der Waals surface area (Å²) in [5.41, 5.74) is 0. The molecule has 2 unspecified atom stereocenters. The largest absolute Gasteiger partial charge is 0.544 e. The van der Waals surface area contributed by atoms with Crippen LogP contribution in [0.4, 0.5) is 0 Å². The van der Waals surface area contributed by atoms with Crippen LogP contribution in [0.1, 0.15) is 162 Å². The number of esters is 2. The third kappa shape index (κ3) is 31.5. The van der Waals surface area contributed by atoms with Gasteiger partial charge < -0.3 is 28.6 Å². The summed E-state index contributed by atoms with van der Waals surface area (Å²) in [6.45, 7) is 4.43. The fraction of sp³-hybridized carbons (Fsp3) is 0.786. The lowest BCUT2D eigenvalue weighted by Crippen LogP contribution is -2.55. The number of rotatable bonds is 35. The molecular formula is C42H75NO7. The van der Waals surface area contributed by atoms with Gasteiger partial charge in [0, 0.05) is 19.3 Å². The number of carbonyl (C=O) groups excluding carboxylic acids is 3. The minimum Gasteiger partial charge on any atom is -0.544 e. The number of allylic oxidation sites excluding steroid dienone is 6. The van der Waals surface area contributed by atoms with Crippen LogP contribution < -0.4 is 5.11 Å². The van der Waals surface area contributed by atoms with Crippen LogP contribution in [0, 0.1) is 0 Å². The molecule has 0 saturated carbocycles. The predicted molar refractivity (Wildman–Crippen MR) is 203 cm³/mol. The Morgan fingerprint density at radius 2 is 1.16 bits per heavy atom. The molecule has 0 aliphatic heterocycles. The average Bonchev–Trinajstić information content (AvgIpc) is 3.06. The zero-order valence-corrected chi connectivity index (χ0v) is 32.8. The van der Waals surface area contributed by atoms with Gasteiger partial charge in [0.05, 0.1) is 40.3 Å². The summed E-state index contributed by atoms with van der Waals surface area (Å²) < 4.78 is 17.0. The SMILES string of the molecule is CC/C=C/C/C=C/CCC(=O)OCC(COCCC(C(=O)[O-])[N+](C)(C)C)OC(=O)CCCCCCCCC/C=C/CCCCCCCCCC. The molecule has 8 heteroatoms. The maximum Gasteiger partial charge on any atom is 0.306 e. The second-order valence-corrected chi connectivity index (χ2v) is 14.5. The fourth-order valence-corrected chi connectivity index (χ4v) is 5.65. The molecule has 290 valence electrons. The van der Waals surface area contributed by atoms with Crippen molar-refractivity contribution in [3.05, 3.63) is 36.5 Å². The normalized spacial score (nSPS) is 13.4. The standard InChI is InChI=1S/C42H75NO7/c1-6-8-10-12-14-15-16-17-18-19-20-21-22-23-24-25-27-29-31-33-41(45)50-38(36-48-35-34-39(42(46)47)43(3,4)5)37-49-40(44)32-30-28-26-13-11-9-7-2/h9,11,19-20,26,28,38-39H,6-8,10,12-18,21-25,27,29-37H2,1-5H3/b11-9+,20-19+,28-26+. The monoisotopic (exact) mass is 706 g/mol. The molecule has 0 aromatic rings. The zero-order chi connectivity index (χ0) is 37.1. The van der Waals surface area contributed by atoms with Crippen molar-refractivity contribution >= 4 is 17.9 Å². The second-order valence-electron chi connectivity index (χ2n) is 14.5. The quantitative estimate of drug-likeness (QED) is 0.0281. The van der Waals surface area contributed by atoms with Gasteiger partial charge in [-0.1, -0.05) is 127 Å². The number of quaternary nitrogens is 1. The molecule has 2 atom stereocenters. The highest BCUT2D eigenvalue weighted by Gasteiger charge is 2.25. The van der Waals surface area contributed by atoms with Gasteiger partial charge >= 0.3 is 11.9 Å². The summed E-state index contributed by atoms with van der Waals surface area (Å²) in [6, 6.07) is -0.731. The minimum atomic E-state index is -1.13. The van der Waals surface area contributed by atoms with Crippen molar-refractivity contribution in [2.75, 3.05) is 41.0 Å². The lowest BCUT2D eigenvalue weighted by molar-refractivity contribution is -0.889. The fourth-order valence-electron chi connectivity index (χ4n) is 5.65. The lowest BCUT2D eigenvalue weighted by Gasteiger charge is -2.34. The Hall–Kier alpha value is -2.45. The Morgan fingerprint density at radius 3 is 1.72 bits per heavy atom. The number of carboxylic acid groups (broad SMARTS) is 1. The van der Waals surface area contributed by atoms with Crippen molar-refractivity contribution in [3.8, 4) is 0 Å². The maximum absolute atomic E-state index is 12.6. The summed E-state index contributed by atoms with van der Waals surface area (Å²) in [5, 5.41) is 11.6. The Labute approximate surface area is 306 Å². The molecule has 0 spiro atoms. The molecule has 8 nitrogen and oxygen atoms in total. The molecular weight excluding hydrogens is 630 g/mol. The van der Waals surface area contributed by atoms with Gasteiger partial charge in [0.15, 0.2) is 6.10 Å². The molecule has 0 bridgehead atoms. The summed E-state index contributed by atoms with van der Waals surface area (Å²) in [6.07, 6.45) is 36.4.